The molecule has 4 rings (SSSR count). The second kappa shape index (κ2) is 12.4. The predicted octanol–water partition coefficient (Wildman–Crippen LogP) is 2.34. The maximum atomic E-state index is 12.9. The van der Waals surface area contributed by atoms with Gasteiger partial charge in [0.05, 0.1) is 20.2 Å². The third-order valence-electron chi connectivity index (χ3n) is 6.66. The molecular weight excluding hydrogens is 454 g/mol. The van der Waals surface area contributed by atoms with Crippen LogP contribution < -0.4 is 15.4 Å². The molecule has 1 fully saturated rings. The Kier molecular flexibility index (Phi) is 8.76. The van der Waals surface area contributed by atoms with Crippen molar-refractivity contribution >= 4 is 22.7 Å². The van der Waals surface area contributed by atoms with Crippen molar-refractivity contribution in [2.45, 2.75) is 5.92 Å². The molecule has 3 aromatic rings. The summed E-state index contributed by atoms with van der Waals surface area (Å²) in [4.78, 5) is 32.4. The fraction of sp³-hybridized carbons (Fsp3) is 0.357. The molecular formula is C28H35N5O3. The Bertz CT molecular complexity index is 1170. The summed E-state index contributed by atoms with van der Waals surface area (Å²) in [6.07, 6.45) is 3.71. The van der Waals surface area contributed by atoms with Crippen molar-refractivity contribution in [2.24, 2.45) is 0 Å². The van der Waals surface area contributed by atoms with Gasteiger partial charge in [-0.25, -0.2) is 0 Å². The average molecular weight is 490 g/mol. The third kappa shape index (κ3) is 6.53. The van der Waals surface area contributed by atoms with Crippen LogP contribution in [0.15, 0.2) is 67.4 Å². The van der Waals surface area contributed by atoms with Crippen molar-refractivity contribution in [2.75, 3.05) is 59.5 Å². The molecule has 2 heterocycles. The lowest BCUT2D eigenvalue weighted by atomic mass is 9.90. The topological polar surface area (TPSA) is 89.7 Å². The van der Waals surface area contributed by atoms with Crippen LogP contribution in [-0.4, -0.2) is 86.1 Å². The summed E-state index contributed by atoms with van der Waals surface area (Å²) in [5, 5.41) is 7.12. The standard InChI is InChI=1S/C28H35N5O3/c1-3-12-29-27(34)19-32-13-15-33(16-14-32)20-28(35)31-17-24(21-8-10-22(36-2)11-9-21)25-18-30-26-7-5-4-6-23(25)26/h3-11,18,24,30H,1,12-17,19-20H2,2H3,(H,29,34)(H,31,35). The van der Waals surface area contributed by atoms with E-state index >= 15 is 0 Å². The van der Waals surface area contributed by atoms with Gasteiger partial charge in [0, 0.05) is 62.3 Å². The number of ether oxygens (including phenoxy) is 1. The Morgan fingerprint density at radius 3 is 2.28 bits per heavy atom. The highest BCUT2D eigenvalue weighted by Gasteiger charge is 2.22. The van der Waals surface area contributed by atoms with Crippen LogP contribution in [0.1, 0.15) is 17.0 Å². The van der Waals surface area contributed by atoms with E-state index in [4.69, 9.17) is 4.74 Å². The molecule has 0 bridgehead atoms. The van der Waals surface area contributed by atoms with E-state index in [2.05, 4.69) is 56.3 Å². The number of piperazine rings is 1. The zero-order valence-electron chi connectivity index (χ0n) is 20.8. The quantitative estimate of drug-likeness (QED) is 0.360. The Labute approximate surface area is 212 Å². The van der Waals surface area contributed by atoms with E-state index in [0.29, 0.717) is 26.2 Å². The zero-order valence-corrected chi connectivity index (χ0v) is 20.8. The van der Waals surface area contributed by atoms with Crippen LogP contribution >= 0.6 is 0 Å². The van der Waals surface area contributed by atoms with Gasteiger partial charge in [-0.05, 0) is 29.3 Å². The van der Waals surface area contributed by atoms with E-state index in [0.717, 1.165) is 54.0 Å². The molecule has 1 saturated heterocycles. The van der Waals surface area contributed by atoms with Gasteiger partial charge >= 0.3 is 0 Å². The Morgan fingerprint density at radius 2 is 1.64 bits per heavy atom. The first-order chi connectivity index (χ1) is 17.6. The van der Waals surface area contributed by atoms with Crippen molar-refractivity contribution in [3.8, 4) is 5.75 Å². The third-order valence-corrected chi connectivity index (χ3v) is 6.66. The molecule has 1 atom stereocenters. The van der Waals surface area contributed by atoms with Crippen LogP contribution in [0, 0.1) is 0 Å². The summed E-state index contributed by atoms with van der Waals surface area (Å²) >= 11 is 0. The minimum Gasteiger partial charge on any atom is -0.497 e. The SMILES string of the molecule is C=CCNC(=O)CN1CCN(CC(=O)NCC(c2ccc(OC)cc2)c2c[nH]c3ccccc23)CC1. The highest BCUT2D eigenvalue weighted by atomic mass is 16.5. The zero-order chi connectivity index (χ0) is 25.3. The lowest BCUT2D eigenvalue weighted by Crippen LogP contribution is -2.51. The van der Waals surface area contributed by atoms with E-state index < -0.39 is 0 Å². The molecule has 0 aliphatic carbocycles. The number of H-pyrrole nitrogens is 1. The summed E-state index contributed by atoms with van der Waals surface area (Å²) in [5.74, 6) is 0.813. The van der Waals surface area contributed by atoms with Crippen molar-refractivity contribution in [1.82, 2.24) is 25.4 Å². The maximum absolute atomic E-state index is 12.9. The van der Waals surface area contributed by atoms with Gasteiger partial charge in [0.25, 0.3) is 0 Å². The number of carbonyl (C=O) groups excluding carboxylic acids is 2. The number of nitrogens with zero attached hydrogens (tertiary/aromatic N) is 2. The molecule has 3 N–H and O–H groups in total. The van der Waals surface area contributed by atoms with Gasteiger partial charge in [-0.1, -0.05) is 36.4 Å². The minimum atomic E-state index is 0.00179. The first-order valence-corrected chi connectivity index (χ1v) is 12.4. The van der Waals surface area contributed by atoms with Crippen LogP contribution in [0.3, 0.4) is 0 Å². The van der Waals surface area contributed by atoms with Crippen LogP contribution in [0.2, 0.25) is 0 Å². The van der Waals surface area contributed by atoms with Crippen LogP contribution in [-0.2, 0) is 9.59 Å². The average Bonchev–Trinajstić information content (AvgIpc) is 3.33. The molecule has 0 spiro atoms. The van der Waals surface area contributed by atoms with Gasteiger partial charge in [-0.2, -0.15) is 0 Å². The monoisotopic (exact) mass is 489 g/mol. The summed E-state index contributed by atoms with van der Waals surface area (Å²) < 4.78 is 5.33. The van der Waals surface area contributed by atoms with Gasteiger partial charge in [0.1, 0.15) is 5.75 Å². The molecule has 190 valence electrons. The number of para-hydroxylation sites is 1. The second-order valence-electron chi connectivity index (χ2n) is 9.06. The number of benzene rings is 2. The molecule has 8 heteroatoms. The molecule has 8 nitrogen and oxygen atoms in total. The van der Waals surface area contributed by atoms with E-state index in [9.17, 15) is 9.59 Å². The summed E-state index contributed by atoms with van der Waals surface area (Å²) in [5.41, 5.74) is 3.34. The van der Waals surface area contributed by atoms with Crippen molar-refractivity contribution in [3.05, 3.63) is 78.5 Å². The Hall–Kier alpha value is -3.62. The molecule has 1 unspecified atom stereocenters. The number of fused-ring (bicyclic) bond motifs is 1. The second-order valence-corrected chi connectivity index (χ2v) is 9.06. The molecule has 36 heavy (non-hydrogen) atoms. The lowest BCUT2D eigenvalue weighted by molar-refractivity contribution is -0.124. The first-order valence-electron chi connectivity index (χ1n) is 12.4. The Balaban J connectivity index is 1.35. The number of rotatable bonds is 11. The highest BCUT2D eigenvalue weighted by molar-refractivity contribution is 5.84. The number of hydrogen-bond donors (Lipinski definition) is 3. The summed E-state index contributed by atoms with van der Waals surface area (Å²) in [6.45, 7) is 8.35. The number of carbonyl (C=O) groups is 2. The summed E-state index contributed by atoms with van der Waals surface area (Å²) in [6, 6.07) is 16.2. The Morgan fingerprint density at radius 1 is 1.00 bits per heavy atom. The van der Waals surface area contributed by atoms with E-state index in [-0.39, 0.29) is 17.7 Å². The number of amides is 2. The maximum Gasteiger partial charge on any atom is 0.234 e. The molecule has 0 saturated carbocycles. The van der Waals surface area contributed by atoms with Gasteiger partial charge in [0.2, 0.25) is 11.8 Å². The minimum absolute atomic E-state index is 0.00179. The lowest BCUT2D eigenvalue weighted by Gasteiger charge is -2.33. The van der Waals surface area contributed by atoms with Crippen LogP contribution in [0.5, 0.6) is 5.75 Å². The van der Waals surface area contributed by atoms with Gasteiger partial charge in [-0.3, -0.25) is 19.4 Å². The fourth-order valence-corrected chi connectivity index (χ4v) is 4.65. The largest absolute Gasteiger partial charge is 0.497 e. The number of aromatic nitrogens is 1. The van der Waals surface area contributed by atoms with E-state index in [1.165, 1.54) is 0 Å². The number of nitrogens with one attached hydrogen (secondary N) is 3. The van der Waals surface area contributed by atoms with Crippen LogP contribution in [0.25, 0.3) is 10.9 Å². The molecule has 2 amide bonds. The van der Waals surface area contributed by atoms with Crippen LogP contribution in [0.4, 0.5) is 0 Å². The van der Waals surface area contributed by atoms with Gasteiger partial charge in [0.15, 0.2) is 0 Å². The smallest absolute Gasteiger partial charge is 0.234 e. The van der Waals surface area contributed by atoms with Gasteiger partial charge < -0.3 is 20.4 Å². The molecule has 0 radical (unpaired) electrons. The summed E-state index contributed by atoms with van der Waals surface area (Å²) in [7, 11) is 1.66. The number of methoxy groups -OCH3 is 1. The fourth-order valence-electron chi connectivity index (χ4n) is 4.65. The first kappa shape index (κ1) is 25.5. The van der Waals surface area contributed by atoms with E-state index in [1.54, 1.807) is 13.2 Å². The predicted molar refractivity (Wildman–Crippen MR) is 142 cm³/mol. The van der Waals surface area contributed by atoms with Crippen molar-refractivity contribution in [1.29, 1.82) is 0 Å². The molecule has 1 aliphatic heterocycles. The van der Waals surface area contributed by atoms with E-state index in [1.807, 2.05) is 30.5 Å². The molecule has 2 aromatic carbocycles. The van der Waals surface area contributed by atoms with Crippen molar-refractivity contribution < 1.29 is 14.3 Å². The molecule has 1 aromatic heterocycles. The molecule has 1 aliphatic rings. The number of hydrogen-bond acceptors (Lipinski definition) is 5. The van der Waals surface area contributed by atoms with Gasteiger partial charge in [-0.15, -0.1) is 6.58 Å². The highest BCUT2D eigenvalue weighted by Crippen LogP contribution is 2.31. The van der Waals surface area contributed by atoms with Crippen molar-refractivity contribution in [3.63, 3.8) is 0 Å². The number of aromatic amines is 1. The normalized spacial score (nSPS) is 15.4.